The van der Waals surface area contributed by atoms with Crippen LogP contribution in [0.5, 0.6) is 5.75 Å². The number of methoxy groups -OCH3 is 1. The predicted octanol–water partition coefficient (Wildman–Crippen LogP) is -0.153. The van der Waals surface area contributed by atoms with Gasteiger partial charge in [0.15, 0.2) is 12.7 Å². The normalized spacial score (nSPS) is 14.4. The van der Waals surface area contributed by atoms with E-state index in [1.807, 2.05) is 0 Å². The maximum atomic E-state index is 11.9. The number of fused-ring (bicyclic) bond motifs is 1. The lowest BCUT2D eigenvalue weighted by atomic mass is 10.1. The Hall–Kier alpha value is -2.61. The first-order chi connectivity index (χ1) is 10.0. The Morgan fingerprint density at radius 3 is 2.95 bits per heavy atom. The van der Waals surface area contributed by atoms with Crippen molar-refractivity contribution in [3.05, 3.63) is 23.8 Å². The van der Waals surface area contributed by atoms with E-state index in [0.717, 1.165) is 0 Å². The Bertz CT molecular complexity index is 586. The first kappa shape index (κ1) is 14.8. The summed E-state index contributed by atoms with van der Waals surface area (Å²) in [5, 5.41) is 13.9. The second kappa shape index (κ2) is 6.23. The zero-order chi connectivity index (χ0) is 15.4. The molecule has 2 amide bonds. The van der Waals surface area contributed by atoms with Crippen LogP contribution in [0, 0.1) is 0 Å². The standard InChI is InChI=1S/C13H14N2O6/c1-20-10(13(18)19)5-14-12(17)7-2-3-8-9(4-7)21-6-11(16)15-8/h2-4,10H,5-6H2,1H3,(H,14,17)(H,15,16)(H,18,19). The Morgan fingerprint density at radius 1 is 1.52 bits per heavy atom. The second-order valence-electron chi connectivity index (χ2n) is 4.32. The van der Waals surface area contributed by atoms with E-state index in [1.165, 1.54) is 19.2 Å². The SMILES string of the molecule is COC(CNC(=O)c1ccc2c(c1)OCC(=O)N2)C(=O)O. The number of carboxylic acid groups (broad SMARTS) is 1. The van der Waals surface area contributed by atoms with Crippen molar-refractivity contribution >= 4 is 23.5 Å². The van der Waals surface area contributed by atoms with E-state index in [9.17, 15) is 14.4 Å². The van der Waals surface area contributed by atoms with Gasteiger partial charge in [-0.15, -0.1) is 0 Å². The number of rotatable bonds is 5. The number of benzene rings is 1. The van der Waals surface area contributed by atoms with Gasteiger partial charge in [0.1, 0.15) is 5.75 Å². The zero-order valence-electron chi connectivity index (χ0n) is 11.2. The smallest absolute Gasteiger partial charge is 0.334 e. The van der Waals surface area contributed by atoms with Crippen molar-refractivity contribution in [2.24, 2.45) is 0 Å². The third-order valence-electron chi connectivity index (χ3n) is 2.88. The van der Waals surface area contributed by atoms with Gasteiger partial charge in [0, 0.05) is 12.7 Å². The highest BCUT2D eigenvalue weighted by Crippen LogP contribution is 2.28. The molecule has 8 heteroatoms. The number of carbonyl (C=O) groups excluding carboxylic acids is 2. The molecule has 1 aromatic carbocycles. The maximum Gasteiger partial charge on any atom is 0.334 e. The van der Waals surface area contributed by atoms with Gasteiger partial charge in [0.2, 0.25) is 0 Å². The highest BCUT2D eigenvalue weighted by atomic mass is 16.5. The highest BCUT2D eigenvalue weighted by molar-refractivity contribution is 5.99. The minimum Gasteiger partial charge on any atom is -0.482 e. The van der Waals surface area contributed by atoms with E-state index in [-0.39, 0.29) is 19.1 Å². The summed E-state index contributed by atoms with van der Waals surface area (Å²) >= 11 is 0. The summed E-state index contributed by atoms with van der Waals surface area (Å²) < 4.78 is 9.91. The number of carboxylic acids is 1. The lowest BCUT2D eigenvalue weighted by Gasteiger charge is -2.18. The number of hydrogen-bond acceptors (Lipinski definition) is 5. The molecule has 0 saturated heterocycles. The van der Waals surface area contributed by atoms with Crippen LogP contribution in [0.15, 0.2) is 18.2 Å². The van der Waals surface area contributed by atoms with Gasteiger partial charge in [-0.1, -0.05) is 0 Å². The summed E-state index contributed by atoms with van der Waals surface area (Å²) in [7, 11) is 1.25. The average molecular weight is 294 g/mol. The minimum absolute atomic E-state index is 0.108. The van der Waals surface area contributed by atoms with Crippen LogP contribution < -0.4 is 15.4 Å². The third kappa shape index (κ3) is 3.48. The van der Waals surface area contributed by atoms with E-state index < -0.39 is 18.0 Å². The van der Waals surface area contributed by atoms with Crippen LogP contribution in [0.1, 0.15) is 10.4 Å². The number of nitrogens with one attached hydrogen (secondary N) is 2. The molecule has 0 saturated carbocycles. The van der Waals surface area contributed by atoms with Crippen LogP contribution in [0.2, 0.25) is 0 Å². The molecule has 2 rings (SSSR count). The van der Waals surface area contributed by atoms with Crippen LogP contribution in [-0.4, -0.2) is 49.3 Å². The molecule has 3 N–H and O–H groups in total. The number of hydrogen-bond donors (Lipinski definition) is 3. The lowest BCUT2D eigenvalue weighted by Crippen LogP contribution is -2.37. The number of aliphatic carboxylic acids is 1. The highest BCUT2D eigenvalue weighted by Gasteiger charge is 2.20. The van der Waals surface area contributed by atoms with Crippen LogP contribution >= 0.6 is 0 Å². The minimum atomic E-state index is -1.16. The van der Waals surface area contributed by atoms with Crippen LogP contribution in [0.3, 0.4) is 0 Å². The Labute approximate surface area is 120 Å². The Balaban J connectivity index is 2.03. The van der Waals surface area contributed by atoms with Crippen molar-refractivity contribution in [3.63, 3.8) is 0 Å². The van der Waals surface area contributed by atoms with Gasteiger partial charge in [-0.3, -0.25) is 9.59 Å². The summed E-state index contributed by atoms with van der Waals surface area (Å²) in [6.07, 6.45) is -1.11. The lowest BCUT2D eigenvalue weighted by molar-refractivity contribution is -0.148. The fraction of sp³-hybridized carbons (Fsp3) is 0.308. The Morgan fingerprint density at radius 2 is 2.29 bits per heavy atom. The fourth-order valence-corrected chi connectivity index (χ4v) is 1.77. The molecular formula is C13H14N2O6. The van der Waals surface area contributed by atoms with E-state index >= 15 is 0 Å². The van der Waals surface area contributed by atoms with Crippen LogP contribution in [0.25, 0.3) is 0 Å². The molecule has 21 heavy (non-hydrogen) atoms. The number of ether oxygens (including phenoxy) is 2. The molecular weight excluding hydrogens is 280 g/mol. The summed E-state index contributed by atoms with van der Waals surface area (Å²) in [5.41, 5.74) is 0.785. The molecule has 1 heterocycles. The molecule has 1 aliphatic heterocycles. The largest absolute Gasteiger partial charge is 0.482 e. The number of amides is 2. The van der Waals surface area contributed by atoms with E-state index in [2.05, 4.69) is 10.6 Å². The van der Waals surface area contributed by atoms with Gasteiger partial charge >= 0.3 is 5.97 Å². The van der Waals surface area contributed by atoms with Gasteiger partial charge in [-0.2, -0.15) is 0 Å². The van der Waals surface area contributed by atoms with Gasteiger partial charge in [0.25, 0.3) is 11.8 Å². The third-order valence-corrected chi connectivity index (χ3v) is 2.88. The van der Waals surface area contributed by atoms with Gasteiger partial charge in [-0.05, 0) is 18.2 Å². The fourth-order valence-electron chi connectivity index (χ4n) is 1.77. The summed E-state index contributed by atoms with van der Waals surface area (Å²) in [5.74, 6) is -1.48. The molecule has 0 aliphatic carbocycles. The molecule has 112 valence electrons. The Kier molecular flexibility index (Phi) is 4.39. The second-order valence-corrected chi connectivity index (χ2v) is 4.32. The molecule has 1 aliphatic rings. The zero-order valence-corrected chi connectivity index (χ0v) is 11.2. The summed E-state index contributed by atoms with van der Waals surface area (Å²) in [4.78, 5) is 33.8. The maximum absolute atomic E-state index is 11.9. The van der Waals surface area contributed by atoms with Crippen molar-refractivity contribution in [3.8, 4) is 5.75 Å². The molecule has 1 atom stereocenters. The summed E-state index contributed by atoms with van der Waals surface area (Å²) in [6.45, 7) is -0.262. The summed E-state index contributed by atoms with van der Waals surface area (Å²) in [6, 6.07) is 4.53. The molecule has 0 bridgehead atoms. The van der Waals surface area contributed by atoms with E-state index in [0.29, 0.717) is 17.0 Å². The topological polar surface area (TPSA) is 114 Å². The molecule has 0 radical (unpaired) electrons. The molecule has 0 fully saturated rings. The monoisotopic (exact) mass is 294 g/mol. The number of carbonyl (C=O) groups is 3. The molecule has 0 spiro atoms. The predicted molar refractivity (Wildman–Crippen MR) is 71.3 cm³/mol. The molecule has 1 unspecified atom stereocenters. The molecule has 8 nitrogen and oxygen atoms in total. The molecule has 0 aromatic heterocycles. The van der Waals surface area contributed by atoms with Crippen molar-refractivity contribution in [1.82, 2.24) is 5.32 Å². The van der Waals surface area contributed by atoms with Crippen LogP contribution in [0.4, 0.5) is 5.69 Å². The van der Waals surface area contributed by atoms with Gasteiger partial charge in [-0.25, -0.2) is 4.79 Å². The van der Waals surface area contributed by atoms with Crippen molar-refractivity contribution < 1.29 is 29.0 Å². The first-order valence-electron chi connectivity index (χ1n) is 6.11. The van der Waals surface area contributed by atoms with E-state index in [4.69, 9.17) is 14.6 Å². The van der Waals surface area contributed by atoms with E-state index in [1.54, 1.807) is 6.07 Å². The van der Waals surface area contributed by atoms with Crippen LogP contribution in [-0.2, 0) is 14.3 Å². The van der Waals surface area contributed by atoms with Gasteiger partial charge in [0.05, 0.1) is 12.2 Å². The van der Waals surface area contributed by atoms with Crippen molar-refractivity contribution in [1.29, 1.82) is 0 Å². The van der Waals surface area contributed by atoms with Gasteiger partial charge < -0.3 is 25.2 Å². The first-order valence-corrected chi connectivity index (χ1v) is 6.11. The number of anilines is 1. The van der Waals surface area contributed by atoms with Crippen molar-refractivity contribution in [2.45, 2.75) is 6.10 Å². The average Bonchev–Trinajstić information content (AvgIpc) is 2.46. The quantitative estimate of drug-likeness (QED) is 0.695. The van der Waals surface area contributed by atoms with Crippen molar-refractivity contribution in [2.75, 3.05) is 25.6 Å². The molecule has 1 aromatic rings.